The highest BCUT2D eigenvalue weighted by Crippen LogP contribution is 2.46. The van der Waals surface area contributed by atoms with E-state index in [2.05, 4.69) is 26.0 Å². The van der Waals surface area contributed by atoms with E-state index in [1.165, 1.54) is 9.87 Å². The van der Waals surface area contributed by atoms with E-state index in [0.29, 0.717) is 10.8 Å². The maximum atomic E-state index is 13.9. The molecule has 1 aliphatic rings. The summed E-state index contributed by atoms with van der Waals surface area (Å²) in [7, 11) is -3.74. The number of sulfonamides is 1. The van der Waals surface area contributed by atoms with Crippen molar-refractivity contribution >= 4 is 10.0 Å². The molecule has 1 heterocycles. The van der Waals surface area contributed by atoms with Gasteiger partial charge in [-0.15, -0.1) is 0 Å². The molecule has 5 heteroatoms. The number of nitrogens with zero attached hydrogens (tertiary/aromatic N) is 1. The highest BCUT2D eigenvalue weighted by atomic mass is 32.2. The molecule has 2 aromatic rings. The molecule has 0 amide bonds. The Hall–Kier alpha value is -1.69. The first-order valence-electron chi connectivity index (χ1n) is 10.9. The highest BCUT2D eigenvalue weighted by molar-refractivity contribution is 7.89. The molecule has 1 unspecified atom stereocenters. The van der Waals surface area contributed by atoms with Crippen LogP contribution in [-0.4, -0.2) is 29.9 Å². The Balaban J connectivity index is 2.10. The van der Waals surface area contributed by atoms with Crippen LogP contribution < -0.4 is 0 Å². The maximum absolute atomic E-state index is 13.9. The van der Waals surface area contributed by atoms with Gasteiger partial charge in [-0.1, -0.05) is 84.0 Å². The molecular formula is C25H35NO3S. The summed E-state index contributed by atoms with van der Waals surface area (Å²) in [4.78, 5) is 0.437. The zero-order valence-corrected chi connectivity index (χ0v) is 19.9. The molecule has 164 valence electrons. The van der Waals surface area contributed by atoms with Crippen LogP contribution >= 0.6 is 0 Å². The molecule has 0 saturated carbocycles. The normalized spacial score (nSPS) is 22.7. The van der Waals surface area contributed by atoms with Gasteiger partial charge in [-0.3, -0.25) is 0 Å². The monoisotopic (exact) mass is 429 g/mol. The van der Waals surface area contributed by atoms with Crippen LogP contribution in [0, 0.1) is 0 Å². The zero-order chi connectivity index (χ0) is 22.4. The van der Waals surface area contributed by atoms with Crippen LogP contribution in [0.3, 0.4) is 0 Å². The number of aliphatic hydroxyl groups is 1. The summed E-state index contributed by atoms with van der Waals surface area (Å²) >= 11 is 0. The quantitative estimate of drug-likeness (QED) is 0.587. The van der Waals surface area contributed by atoms with E-state index >= 15 is 0 Å². The molecule has 0 bridgehead atoms. The molecule has 1 aliphatic heterocycles. The van der Waals surface area contributed by atoms with Crippen molar-refractivity contribution in [2.24, 2.45) is 0 Å². The molecule has 2 aromatic carbocycles. The number of aliphatic hydroxyl groups excluding tert-OH is 1. The van der Waals surface area contributed by atoms with Crippen LogP contribution in [0.2, 0.25) is 0 Å². The Morgan fingerprint density at radius 2 is 1.33 bits per heavy atom. The average molecular weight is 430 g/mol. The molecule has 1 fully saturated rings. The fourth-order valence-corrected chi connectivity index (χ4v) is 6.78. The van der Waals surface area contributed by atoms with Crippen molar-refractivity contribution in [3.05, 3.63) is 64.7 Å². The predicted molar refractivity (Wildman–Crippen MR) is 122 cm³/mol. The van der Waals surface area contributed by atoms with E-state index in [0.717, 1.165) is 16.7 Å². The SMILES string of the molecule is CC(C)c1cc(C(C)C)c(S(=O)(=O)N2[C@H]([C@@H](O)c3ccccc3)[C@H]2C)c(C(C)C)c1. The highest BCUT2D eigenvalue weighted by Gasteiger charge is 2.57. The van der Waals surface area contributed by atoms with Crippen LogP contribution in [0.4, 0.5) is 0 Å². The molecule has 1 N–H and O–H groups in total. The molecule has 30 heavy (non-hydrogen) atoms. The van der Waals surface area contributed by atoms with Crippen LogP contribution in [0.25, 0.3) is 0 Å². The number of rotatable bonds is 7. The summed E-state index contributed by atoms with van der Waals surface area (Å²) in [6.07, 6.45) is -0.837. The molecule has 0 aromatic heterocycles. The second-order valence-electron chi connectivity index (χ2n) is 9.41. The molecular weight excluding hydrogens is 394 g/mol. The van der Waals surface area contributed by atoms with Gasteiger partial charge in [-0.2, -0.15) is 4.31 Å². The van der Waals surface area contributed by atoms with Crippen molar-refractivity contribution in [1.82, 2.24) is 4.31 Å². The number of hydrogen-bond donors (Lipinski definition) is 1. The van der Waals surface area contributed by atoms with Crippen molar-refractivity contribution in [1.29, 1.82) is 0 Å². The third-order valence-electron chi connectivity index (χ3n) is 6.18. The Morgan fingerprint density at radius 3 is 1.77 bits per heavy atom. The molecule has 0 radical (unpaired) electrons. The van der Waals surface area contributed by atoms with E-state index in [1.807, 2.05) is 65.0 Å². The van der Waals surface area contributed by atoms with Crippen molar-refractivity contribution in [3.8, 4) is 0 Å². The lowest BCUT2D eigenvalue weighted by molar-refractivity contribution is 0.166. The van der Waals surface area contributed by atoms with Gasteiger partial charge in [-0.25, -0.2) is 8.42 Å². The minimum Gasteiger partial charge on any atom is -0.387 e. The molecule has 4 atom stereocenters. The number of benzene rings is 2. The third kappa shape index (κ3) is 4.08. The van der Waals surface area contributed by atoms with Gasteiger partial charge in [0.1, 0.15) is 0 Å². The lowest BCUT2D eigenvalue weighted by Gasteiger charge is -2.23. The molecule has 4 nitrogen and oxygen atoms in total. The van der Waals surface area contributed by atoms with Gasteiger partial charge in [0.25, 0.3) is 0 Å². The summed E-state index contributed by atoms with van der Waals surface area (Å²) in [5, 5.41) is 10.9. The zero-order valence-electron chi connectivity index (χ0n) is 19.1. The van der Waals surface area contributed by atoms with Gasteiger partial charge < -0.3 is 5.11 Å². The maximum Gasteiger partial charge on any atom is 0.244 e. The van der Waals surface area contributed by atoms with Crippen molar-refractivity contribution in [2.45, 2.75) is 89.3 Å². The fourth-order valence-electron chi connectivity index (χ4n) is 4.27. The summed E-state index contributed by atoms with van der Waals surface area (Å²) in [6, 6.07) is 12.7. The molecule has 0 aliphatic carbocycles. The topological polar surface area (TPSA) is 57.4 Å². The smallest absolute Gasteiger partial charge is 0.244 e. The van der Waals surface area contributed by atoms with Gasteiger partial charge in [0, 0.05) is 6.04 Å². The molecule has 3 rings (SSSR count). The summed E-state index contributed by atoms with van der Waals surface area (Å²) in [6.45, 7) is 14.3. The van der Waals surface area contributed by atoms with Gasteiger partial charge in [0.15, 0.2) is 0 Å². The van der Waals surface area contributed by atoms with E-state index in [9.17, 15) is 13.5 Å². The number of hydrogen-bond acceptors (Lipinski definition) is 3. The van der Waals surface area contributed by atoms with Crippen LogP contribution in [0.1, 0.15) is 94.6 Å². The van der Waals surface area contributed by atoms with E-state index in [-0.39, 0.29) is 17.9 Å². The molecule has 0 spiro atoms. The standard InChI is InChI=1S/C25H35NO3S/c1-15(2)20-13-21(16(3)4)25(22(14-20)17(5)6)30(28,29)26-18(7)23(26)24(27)19-11-9-8-10-12-19/h8-18,23-24,27H,1-7H3/t18-,23+,24+,26?/m1/s1. The lowest BCUT2D eigenvalue weighted by atomic mass is 9.89. The largest absolute Gasteiger partial charge is 0.387 e. The Kier molecular flexibility index (Phi) is 6.47. The predicted octanol–water partition coefficient (Wildman–Crippen LogP) is 5.55. The Labute approximate surface area is 182 Å². The first-order valence-corrected chi connectivity index (χ1v) is 12.4. The third-order valence-corrected chi connectivity index (χ3v) is 8.30. The first kappa shape index (κ1) is 23.0. The van der Waals surface area contributed by atoms with Gasteiger partial charge in [0.2, 0.25) is 10.0 Å². The first-order chi connectivity index (χ1) is 14.0. The van der Waals surface area contributed by atoms with E-state index < -0.39 is 22.2 Å². The molecule has 1 saturated heterocycles. The fraction of sp³-hybridized carbons (Fsp3) is 0.520. The van der Waals surface area contributed by atoms with Crippen LogP contribution in [0.5, 0.6) is 0 Å². The average Bonchev–Trinajstić information content (AvgIpc) is 3.38. The van der Waals surface area contributed by atoms with E-state index in [1.54, 1.807) is 0 Å². The van der Waals surface area contributed by atoms with E-state index in [4.69, 9.17) is 0 Å². The summed E-state index contributed by atoms with van der Waals surface area (Å²) in [5.41, 5.74) is 3.66. The van der Waals surface area contributed by atoms with Crippen molar-refractivity contribution in [2.75, 3.05) is 0 Å². The Morgan fingerprint density at radius 1 is 0.833 bits per heavy atom. The summed E-state index contributed by atoms with van der Waals surface area (Å²) < 4.78 is 29.3. The minimum absolute atomic E-state index is 0.0822. The second kappa shape index (κ2) is 8.45. The lowest BCUT2D eigenvalue weighted by Crippen LogP contribution is -2.22. The van der Waals surface area contributed by atoms with Crippen molar-refractivity contribution < 1.29 is 13.5 Å². The van der Waals surface area contributed by atoms with Crippen LogP contribution in [0.15, 0.2) is 47.4 Å². The minimum atomic E-state index is -3.74. The van der Waals surface area contributed by atoms with Gasteiger partial charge >= 0.3 is 0 Å². The van der Waals surface area contributed by atoms with Gasteiger partial charge in [-0.05, 0) is 46.9 Å². The Bertz CT molecular complexity index is 967. The van der Waals surface area contributed by atoms with Crippen molar-refractivity contribution in [3.63, 3.8) is 0 Å². The van der Waals surface area contributed by atoms with Gasteiger partial charge in [0.05, 0.1) is 17.0 Å². The summed E-state index contributed by atoms with van der Waals surface area (Å²) in [5.74, 6) is 0.488. The van der Waals surface area contributed by atoms with Crippen LogP contribution in [-0.2, 0) is 10.0 Å². The second-order valence-corrected chi connectivity index (χ2v) is 11.2.